The first-order chi connectivity index (χ1) is 7.15. The minimum atomic E-state index is 0.444. The molecule has 0 unspecified atom stereocenters. The number of nitrogens with two attached hydrogens (primary N) is 1. The molecule has 0 bridgehead atoms. The summed E-state index contributed by atoms with van der Waals surface area (Å²) in [5, 5.41) is 3.87. The van der Waals surface area contributed by atoms with E-state index in [1.807, 2.05) is 6.07 Å². The molecule has 0 atom stereocenters. The zero-order valence-corrected chi connectivity index (χ0v) is 9.86. The molecule has 0 aliphatic carbocycles. The van der Waals surface area contributed by atoms with Crippen LogP contribution in [-0.4, -0.2) is 23.1 Å². The summed E-state index contributed by atoms with van der Waals surface area (Å²) in [5.41, 5.74) is 6.30. The van der Waals surface area contributed by atoms with Crippen molar-refractivity contribution in [1.82, 2.24) is 10.1 Å². The Balaban J connectivity index is 2.50. The molecule has 1 aromatic rings. The molecular weight excluding hydrogens is 190 g/mol. The molecule has 0 saturated heterocycles. The van der Waals surface area contributed by atoms with Gasteiger partial charge in [0.2, 0.25) is 0 Å². The van der Waals surface area contributed by atoms with Gasteiger partial charge in [-0.1, -0.05) is 25.9 Å². The van der Waals surface area contributed by atoms with Crippen LogP contribution in [0.1, 0.15) is 32.2 Å². The van der Waals surface area contributed by atoms with Gasteiger partial charge in [0.15, 0.2) is 5.76 Å². The van der Waals surface area contributed by atoms with Crippen LogP contribution in [0.3, 0.4) is 0 Å². The van der Waals surface area contributed by atoms with Crippen LogP contribution < -0.4 is 5.73 Å². The van der Waals surface area contributed by atoms with E-state index in [0.717, 1.165) is 31.1 Å². The summed E-state index contributed by atoms with van der Waals surface area (Å²) >= 11 is 0. The number of nitrogens with zero attached hydrogens (tertiary/aromatic N) is 2. The van der Waals surface area contributed by atoms with Gasteiger partial charge in [-0.3, -0.25) is 4.90 Å². The number of rotatable bonds is 6. The van der Waals surface area contributed by atoms with Crippen molar-refractivity contribution < 1.29 is 4.52 Å². The lowest BCUT2D eigenvalue weighted by molar-refractivity contribution is 0.218. The first kappa shape index (κ1) is 12.2. The normalized spacial score (nSPS) is 11.6. The highest BCUT2D eigenvalue weighted by Gasteiger charge is 2.09. The van der Waals surface area contributed by atoms with Gasteiger partial charge in [0.1, 0.15) is 0 Å². The molecule has 1 aromatic heterocycles. The minimum Gasteiger partial charge on any atom is -0.360 e. The van der Waals surface area contributed by atoms with Gasteiger partial charge in [0.05, 0.1) is 12.2 Å². The SMILES string of the molecule is CCN(Cc1cc(CN)no1)CC(C)C. The molecule has 0 aliphatic rings. The molecule has 0 saturated carbocycles. The van der Waals surface area contributed by atoms with Crippen molar-refractivity contribution in [2.75, 3.05) is 13.1 Å². The van der Waals surface area contributed by atoms with E-state index >= 15 is 0 Å². The van der Waals surface area contributed by atoms with E-state index in [0.29, 0.717) is 12.5 Å². The average molecular weight is 211 g/mol. The zero-order chi connectivity index (χ0) is 11.3. The van der Waals surface area contributed by atoms with E-state index in [1.165, 1.54) is 0 Å². The topological polar surface area (TPSA) is 55.3 Å². The van der Waals surface area contributed by atoms with Crippen molar-refractivity contribution >= 4 is 0 Å². The number of hydrogen-bond donors (Lipinski definition) is 1. The van der Waals surface area contributed by atoms with Gasteiger partial charge in [-0.2, -0.15) is 0 Å². The summed E-state index contributed by atoms with van der Waals surface area (Å²) in [6, 6.07) is 1.93. The minimum absolute atomic E-state index is 0.444. The lowest BCUT2D eigenvalue weighted by Gasteiger charge is -2.20. The Labute approximate surface area is 91.4 Å². The van der Waals surface area contributed by atoms with Crippen molar-refractivity contribution in [3.05, 3.63) is 17.5 Å². The van der Waals surface area contributed by atoms with Gasteiger partial charge in [0.25, 0.3) is 0 Å². The predicted octanol–water partition coefficient (Wildman–Crippen LogP) is 1.61. The van der Waals surface area contributed by atoms with Gasteiger partial charge in [-0.05, 0) is 12.5 Å². The third kappa shape index (κ3) is 4.01. The molecule has 0 aromatic carbocycles. The Morgan fingerprint density at radius 1 is 1.53 bits per heavy atom. The Kier molecular flexibility index (Phi) is 4.78. The van der Waals surface area contributed by atoms with E-state index < -0.39 is 0 Å². The molecule has 86 valence electrons. The van der Waals surface area contributed by atoms with Crippen LogP contribution in [0, 0.1) is 5.92 Å². The molecule has 0 fully saturated rings. The summed E-state index contributed by atoms with van der Waals surface area (Å²) in [4.78, 5) is 2.34. The maximum Gasteiger partial charge on any atom is 0.151 e. The summed E-state index contributed by atoms with van der Waals surface area (Å²) < 4.78 is 5.20. The molecule has 1 rings (SSSR count). The highest BCUT2D eigenvalue weighted by atomic mass is 16.5. The lowest BCUT2D eigenvalue weighted by Crippen LogP contribution is -2.26. The fourth-order valence-electron chi connectivity index (χ4n) is 1.57. The van der Waals surface area contributed by atoms with E-state index in [2.05, 4.69) is 30.8 Å². The predicted molar refractivity (Wildman–Crippen MR) is 60.2 cm³/mol. The smallest absolute Gasteiger partial charge is 0.151 e. The molecule has 0 amide bonds. The molecule has 2 N–H and O–H groups in total. The van der Waals surface area contributed by atoms with E-state index in [4.69, 9.17) is 10.3 Å². The molecule has 1 heterocycles. The summed E-state index contributed by atoms with van der Waals surface area (Å²) in [5.74, 6) is 1.57. The van der Waals surface area contributed by atoms with Gasteiger partial charge >= 0.3 is 0 Å². The van der Waals surface area contributed by atoms with Crippen molar-refractivity contribution in [2.45, 2.75) is 33.9 Å². The largest absolute Gasteiger partial charge is 0.360 e. The van der Waals surface area contributed by atoms with Crippen LogP contribution in [0.15, 0.2) is 10.6 Å². The second-order valence-electron chi connectivity index (χ2n) is 4.21. The Morgan fingerprint density at radius 3 is 2.73 bits per heavy atom. The van der Waals surface area contributed by atoms with Crippen molar-refractivity contribution in [2.24, 2.45) is 11.7 Å². The molecule has 4 nitrogen and oxygen atoms in total. The summed E-state index contributed by atoms with van der Waals surface area (Å²) in [6.07, 6.45) is 0. The third-order valence-electron chi connectivity index (χ3n) is 2.27. The van der Waals surface area contributed by atoms with Crippen LogP contribution in [0.2, 0.25) is 0 Å². The maximum atomic E-state index is 5.47. The molecular formula is C11H21N3O. The molecule has 15 heavy (non-hydrogen) atoms. The van der Waals surface area contributed by atoms with Crippen molar-refractivity contribution in [3.8, 4) is 0 Å². The number of hydrogen-bond acceptors (Lipinski definition) is 4. The third-order valence-corrected chi connectivity index (χ3v) is 2.27. The first-order valence-electron chi connectivity index (χ1n) is 5.52. The molecule has 0 aliphatic heterocycles. The van der Waals surface area contributed by atoms with Gasteiger partial charge in [-0.15, -0.1) is 0 Å². The van der Waals surface area contributed by atoms with E-state index in [-0.39, 0.29) is 0 Å². The van der Waals surface area contributed by atoms with E-state index in [9.17, 15) is 0 Å². The summed E-state index contributed by atoms with van der Waals surface area (Å²) in [7, 11) is 0. The van der Waals surface area contributed by atoms with Gasteiger partial charge < -0.3 is 10.3 Å². The lowest BCUT2D eigenvalue weighted by atomic mass is 10.2. The molecule has 0 radical (unpaired) electrons. The first-order valence-corrected chi connectivity index (χ1v) is 5.52. The van der Waals surface area contributed by atoms with Crippen molar-refractivity contribution in [3.63, 3.8) is 0 Å². The Morgan fingerprint density at radius 2 is 2.27 bits per heavy atom. The highest BCUT2D eigenvalue weighted by Crippen LogP contribution is 2.08. The van der Waals surface area contributed by atoms with Crippen LogP contribution in [0.5, 0.6) is 0 Å². The Hall–Kier alpha value is -0.870. The fraction of sp³-hybridized carbons (Fsp3) is 0.727. The monoisotopic (exact) mass is 211 g/mol. The molecule has 0 spiro atoms. The number of aromatic nitrogens is 1. The second kappa shape index (κ2) is 5.88. The highest BCUT2D eigenvalue weighted by molar-refractivity contribution is 5.04. The van der Waals surface area contributed by atoms with Crippen LogP contribution >= 0.6 is 0 Å². The zero-order valence-electron chi connectivity index (χ0n) is 9.86. The average Bonchev–Trinajstić information content (AvgIpc) is 2.64. The van der Waals surface area contributed by atoms with E-state index in [1.54, 1.807) is 0 Å². The fourth-order valence-corrected chi connectivity index (χ4v) is 1.57. The summed E-state index contributed by atoms with van der Waals surface area (Å²) in [6.45, 7) is 9.96. The second-order valence-corrected chi connectivity index (χ2v) is 4.21. The van der Waals surface area contributed by atoms with Crippen molar-refractivity contribution in [1.29, 1.82) is 0 Å². The van der Waals surface area contributed by atoms with Gasteiger partial charge in [-0.25, -0.2) is 0 Å². The van der Waals surface area contributed by atoms with Crippen LogP contribution in [-0.2, 0) is 13.1 Å². The van der Waals surface area contributed by atoms with Gasteiger partial charge in [0, 0.05) is 19.2 Å². The standard InChI is InChI=1S/C11H21N3O/c1-4-14(7-9(2)3)8-11-5-10(6-12)13-15-11/h5,9H,4,6-8,12H2,1-3H3. The maximum absolute atomic E-state index is 5.47. The van der Waals surface area contributed by atoms with Crippen LogP contribution in [0.4, 0.5) is 0 Å². The quantitative estimate of drug-likeness (QED) is 0.776. The Bertz CT molecular complexity index is 283. The molecule has 4 heteroatoms. The van der Waals surface area contributed by atoms with Crippen LogP contribution in [0.25, 0.3) is 0 Å².